The first kappa shape index (κ1) is 18.5. The first-order valence-electron chi connectivity index (χ1n) is 8.05. The van der Waals surface area contributed by atoms with Gasteiger partial charge in [-0.1, -0.05) is 28.4 Å². The van der Waals surface area contributed by atoms with Crippen LogP contribution in [-0.4, -0.2) is 41.1 Å². The summed E-state index contributed by atoms with van der Waals surface area (Å²) in [6, 6.07) is 5.81. The molecule has 9 heteroatoms. The summed E-state index contributed by atoms with van der Waals surface area (Å²) in [4.78, 5) is 26.4. The number of hydrogen-bond donors (Lipinski definition) is 1. The number of halogens is 2. The van der Waals surface area contributed by atoms with Crippen LogP contribution < -0.4 is 10.1 Å². The third kappa shape index (κ3) is 4.28. The quantitative estimate of drug-likeness (QED) is 0.836. The number of likely N-dealkylation sites (tertiary alicyclic amines) is 1. The highest BCUT2D eigenvalue weighted by molar-refractivity contribution is 6.35. The summed E-state index contributed by atoms with van der Waals surface area (Å²) in [5, 5.41) is 7.20. The molecule has 1 fully saturated rings. The van der Waals surface area contributed by atoms with Gasteiger partial charge in [-0.25, -0.2) is 0 Å². The number of anilines is 1. The van der Waals surface area contributed by atoms with E-state index in [1.165, 1.54) is 11.0 Å². The Balaban J connectivity index is 1.59. The molecule has 1 atom stereocenters. The number of aromatic nitrogens is 1. The molecule has 1 aromatic carbocycles. The van der Waals surface area contributed by atoms with Crippen LogP contribution in [0.1, 0.15) is 18.6 Å². The Bertz CT molecular complexity index is 824. The van der Waals surface area contributed by atoms with Gasteiger partial charge in [0.15, 0.2) is 12.4 Å². The average molecular weight is 398 g/mol. The van der Waals surface area contributed by atoms with E-state index in [1.807, 2.05) is 0 Å². The molecule has 1 aliphatic heterocycles. The summed E-state index contributed by atoms with van der Waals surface area (Å²) in [6.45, 7) is 2.01. The molecule has 26 heavy (non-hydrogen) atoms. The number of aryl methyl sites for hydroxylation is 1. The van der Waals surface area contributed by atoms with Crippen molar-refractivity contribution in [2.75, 3.05) is 18.5 Å². The summed E-state index contributed by atoms with van der Waals surface area (Å²) >= 11 is 11.9. The van der Waals surface area contributed by atoms with Gasteiger partial charge in [-0.05, 0) is 38.0 Å². The lowest BCUT2D eigenvalue weighted by molar-refractivity contribution is -0.138. The molecule has 2 aromatic rings. The van der Waals surface area contributed by atoms with E-state index in [1.54, 1.807) is 25.1 Å². The topological polar surface area (TPSA) is 84.7 Å². The van der Waals surface area contributed by atoms with E-state index in [0.29, 0.717) is 40.3 Å². The Labute approximate surface area is 160 Å². The average Bonchev–Trinajstić information content (AvgIpc) is 3.23. The normalized spacial score (nSPS) is 16.6. The maximum absolute atomic E-state index is 12.5. The van der Waals surface area contributed by atoms with Gasteiger partial charge in [0, 0.05) is 17.6 Å². The summed E-state index contributed by atoms with van der Waals surface area (Å²) < 4.78 is 10.4. The number of ether oxygens (including phenoxy) is 1. The van der Waals surface area contributed by atoms with E-state index >= 15 is 0 Å². The molecular weight excluding hydrogens is 381 g/mol. The van der Waals surface area contributed by atoms with Gasteiger partial charge in [0.1, 0.15) is 17.6 Å². The van der Waals surface area contributed by atoms with Gasteiger partial charge in [0.2, 0.25) is 5.91 Å². The van der Waals surface area contributed by atoms with E-state index in [9.17, 15) is 9.59 Å². The van der Waals surface area contributed by atoms with E-state index in [4.69, 9.17) is 32.5 Å². The van der Waals surface area contributed by atoms with E-state index < -0.39 is 6.04 Å². The van der Waals surface area contributed by atoms with Gasteiger partial charge in [-0.2, -0.15) is 0 Å². The standard InChI is InChI=1S/C17H17Cl2N3O4/c1-10-7-15(21-26-10)20-17(24)13-3-2-6-22(13)16(23)9-25-14-5-4-11(18)8-12(14)19/h4-5,7-8,13H,2-3,6,9H2,1H3,(H,20,21,24)/t13-/m0/s1. The lowest BCUT2D eigenvalue weighted by Gasteiger charge is -2.23. The van der Waals surface area contributed by atoms with Gasteiger partial charge >= 0.3 is 0 Å². The van der Waals surface area contributed by atoms with Gasteiger partial charge in [-0.15, -0.1) is 0 Å². The molecule has 0 bridgehead atoms. The summed E-state index contributed by atoms with van der Waals surface area (Å²) in [7, 11) is 0. The van der Waals surface area contributed by atoms with Crippen molar-refractivity contribution >= 4 is 40.8 Å². The number of carbonyl (C=O) groups is 2. The highest BCUT2D eigenvalue weighted by Gasteiger charge is 2.34. The molecule has 1 saturated heterocycles. The molecule has 138 valence electrons. The van der Waals surface area contributed by atoms with E-state index in [0.717, 1.165) is 6.42 Å². The van der Waals surface area contributed by atoms with Gasteiger partial charge in [-0.3, -0.25) is 9.59 Å². The van der Waals surface area contributed by atoms with Gasteiger partial charge in [0.25, 0.3) is 5.91 Å². The van der Waals surface area contributed by atoms with Crippen molar-refractivity contribution in [2.24, 2.45) is 0 Å². The zero-order chi connectivity index (χ0) is 18.7. The third-order valence-corrected chi connectivity index (χ3v) is 4.53. The molecular formula is C17H17Cl2N3O4. The first-order valence-corrected chi connectivity index (χ1v) is 8.81. The molecule has 2 amide bonds. The Morgan fingerprint density at radius 2 is 2.19 bits per heavy atom. The summed E-state index contributed by atoms with van der Waals surface area (Å²) in [6.07, 6.45) is 1.32. The number of carbonyl (C=O) groups excluding carboxylic acids is 2. The fraction of sp³-hybridized carbons (Fsp3) is 0.353. The predicted molar refractivity (Wildman–Crippen MR) is 96.6 cm³/mol. The largest absolute Gasteiger partial charge is 0.482 e. The van der Waals surface area contributed by atoms with Crippen molar-refractivity contribution in [3.8, 4) is 5.75 Å². The molecule has 0 spiro atoms. The highest BCUT2D eigenvalue weighted by Crippen LogP contribution is 2.28. The molecule has 7 nitrogen and oxygen atoms in total. The van der Waals surface area contributed by atoms with Crippen LogP contribution in [0.3, 0.4) is 0 Å². The summed E-state index contributed by atoms with van der Waals surface area (Å²) in [5.74, 6) is 0.699. The molecule has 1 aromatic heterocycles. The third-order valence-electron chi connectivity index (χ3n) is 4.00. The fourth-order valence-corrected chi connectivity index (χ4v) is 3.25. The summed E-state index contributed by atoms with van der Waals surface area (Å²) in [5.41, 5.74) is 0. The number of nitrogens with one attached hydrogen (secondary N) is 1. The second-order valence-electron chi connectivity index (χ2n) is 5.92. The lowest BCUT2D eigenvalue weighted by Crippen LogP contribution is -2.45. The van der Waals surface area contributed by atoms with Crippen molar-refractivity contribution in [1.29, 1.82) is 0 Å². The highest BCUT2D eigenvalue weighted by atomic mass is 35.5. The Kier molecular flexibility index (Phi) is 5.68. The number of hydrogen-bond acceptors (Lipinski definition) is 5. The van der Waals surface area contributed by atoms with Crippen LogP contribution in [-0.2, 0) is 9.59 Å². The lowest BCUT2D eigenvalue weighted by atomic mass is 10.2. The minimum atomic E-state index is -0.566. The maximum atomic E-state index is 12.5. The number of benzene rings is 1. The molecule has 2 heterocycles. The minimum Gasteiger partial charge on any atom is -0.482 e. The minimum absolute atomic E-state index is 0.214. The molecule has 0 aliphatic carbocycles. The van der Waals surface area contributed by atoms with Crippen LogP contribution in [0, 0.1) is 6.92 Å². The fourth-order valence-electron chi connectivity index (χ4n) is 2.79. The van der Waals surface area contributed by atoms with Crippen molar-refractivity contribution in [3.63, 3.8) is 0 Å². The van der Waals surface area contributed by atoms with Crippen molar-refractivity contribution < 1.29 is 18.8 Å². The van der Waals surface area contributed by atoms with Crippen LogP contribution >= 0.6 is 23.2 Å². The maximum Gasteiger partial charge on any atom is 0.261 e. The van der Waals surface area contributed by atoms with E-state index in [-0.39, 0.29) is 18.4 Å². The van der Waals surface area contributed by atoms with Crippen LogP contribution in [0.4, 0.5) is 5.82 Å². The molecule has 1 N–H and O–H groups in total. The number of amides is 2. The molecule has 0 unspecified atom stereocenters. The smallest absolute Gasteiger partial charge is 0.261 e. The van der Waals surface area contributed by atoms with Crippen LogP contribution in [0.25, 0.3) is 0 Å². The molecule has 0 radical (unpaired) electrons. The molecule has 0 saturated carbocycles. The Morgan fingerprint density at radius 1 is 1.38 bits per heavy atom. The SMILES string of the molecule is Cc1cc(NC(=O)[C@@H]2CCCN2C(=O)COc2ccc(Cl)cc2Cl)no1. The van der Waals surface area contributed by atoms with Crippen molar-refractivity contribution in [3.05, 3.63) is 40.1 Å². The first-order chi connectivity index (χ1) is 12.4. The zero-order valence-electron chi connectivity index (χ0n) is 14.0. The molecule has 1 aliphatic rings. The second-order valence-corrected chi connectivity index (χ2v) is 6.76. The number of rotatable bonds is 5. The van der Waals surface area contributed by atoms with Crippen molar-refractivity contribution in [1.82, 2.24) is 10.1 Å². The monoisotopic (exact) mass is 397 g/mol. The Morgan fingerprint density at radius 3 is 2.88 bits per heavy atom. The van der Waals surface area contributed by atoms with E-state index in [2.05, 4.69) is 10.5 Å². The number of nitrogens with zero attached hydrogens (tertiary/aromatic N) is 2. The van der Waals surface area contributed by atoms with Crippen molar-refractivity contribution in [2.45, 2.75) is 25.8 Å². The van der Waals surface area contributed by atoms with Crippen LogP contribution in [0.15, 0.2) is 28.8 Å². The van der Waals surface area contributed by atoms with Crippen LogP contribution in [0.2, 0.25) is 10.0 Å². The van der Waals surface area contributed by atoms with Gasteiger partial charge < -0.3 is 19.5 Å². The van der Waals surface area contributed by atoms with Crippen LogP contribution in [0.5, 0.6) is 5.75 Å². The Hall–Kier alpha value is -2.25. The predicted octanol–water partition coefficient (Wildman–Crippen LogP) is 3.30. The second kappa shape index (κ2) is 7.97. The molecule has 3 rings (SSSR count). The zero-order valence-corrected chi connectivity index (χ0v) is 15.5. The van der Waals surface area contributed by atoms with Gasteiger partial charge in [0.05, 0.1) is 5.02 Å².